The molecule has 1 aromatic rings. The minimum Gasteiger partial charge on any atom is -0.423 e. The molecule has 0 spiro atoms. The molecule has 2 rings (SSSR count). The quantitative estimate of drug-likeness (QED) is 0.824. The summed E-state index contributed by atoms with van der Waals surface area (Å²) in [6, 6.07) is 7.59. The highest BCUT2D eigenvalue weighted by Gasteiger charge is 2.28. The predicted molar refractivity (Wildman–Crippen MR) is 83.7 cm³/mol. The lowest BCUT2D eigenvalue weighted by Crippen LogP contribution is -2.38. The molecule has 1 aliphatic rings. The smallest absolute Gasteiger partial charge is 0.423 e. The third kappa shape index (κ3) is 4.08. The van der Waals surface area contributed by atoms with E-state index in [0.717, 1.165) is 31.1 Å². The second-order valence-corrected chi connectivity index (χ2v) is 7.04. The average Bonchev–Trinajstić information content (AvgIpc) is 2.38. The summed E-state index contributed by atoms with van der Waals surface area (Å²) in [7, 11) is -1.37. The fourth-order valence-corrected chi connectivity index (χ4v) is 3.07. The van der Waals surface area contributed by atoms with Crippen LogP contribution in [0.25, 0.3) is 0 Å². The van der Waals surface area contributed by atoms with E-state index in [1.807, 2.05) is 12.1 Å². The predicted octanol–water partition coefficient (Wildman–Crippen LogP) is 1.62. The summed E-state index contributed by atoms with van der Waals surface area (Å²) in [6.45, 7) is 10.2. The Hall–Kier alpha value is -0.835. The summed E-state index contributed by atoms with van der Waals surface area (Å²) in [6.07, 6.45) is 2.51. The van der Waals surface area contributed by atoms with E-state index in [1.165, 1.54) is 12.8 Å². The molecule has 2 N–H and O–H groups in total. The van der Waals surface area contributed by atoms with E-state index in [-0.39, 0.29) is 0 Å². The fraction of sp³-hybridized carbons (Fsp3) is 0.625. The van der Waals surface area contributed by atoms with Crippen LogP contribution in [0.2, 0.25) is 0 Å². The van der Waals surface area contributed by atoms with Crippen LogP contribution in [0, 0.1) is 11.3 Å². The molecule has 4 heteroatoms. The van der Waals surface area contributed by atoms with Gasteiger partial charge >= 0.3 is 7.12 Å². The maximum Gasteiger partial charge on any atom is 0.488 e. The van der Waals surface area contributed by atoms with Crippen LogP contribution in [0.1, 0.15) is 39.2 Å². The Labute approximate surface area is 122 Å². The Morgan fingerprint density at radius 2 is 1.85 bits per heavy atom. The van der Waals surface area contributed by atoms with Gasteiger partial charge in [0.25, 0.3) is 0 Å². The molecule has 0 aromatic heterocycles. The minimum atomic E-state index is -1.37. The fourth-order valence-electron chi connectivity index (χ4n) is 3.07. The van der Waals surface area contributed by atoms with Crippen LogP contribution in [-0.4, -0.2) is 35.2 Å². The van der Waals surface area contributed by atoms with Gasteiger partial charge in [-0.1, -0.05) is 45.0 Å². The molecule has 110 valence electrons. The molecule has 3 nitrogen and oxygen atoms in total. The Balaban J connectivity index is 1.91. The standard InChI is InChI=1S/C16H26BNO2/c1-16(2,3)14-7-9-18(10-8-14)12-13-5-4-6-15(11-13)17(19)20/h4-6,11,14,19-20H,7-10,12H2,1-3H3. The first-order chi connectivity index (χ1) is 9.36. The van der Waals surface area contributed by atoms with Gasteiger partial charge in [0.1, 0.15) is 0 Å². The molecule has 0 radical (unpaired) electrons. The molecule has 1 saturated heterocycles. The van der Waals surface area contributed by atoms with Crippen molar-refractivity contribution in [1.29, 1.82) is 0 Å². The molecule has 0 amide bonds. The third-order valence-corrected chi connectivity index (χ3v) is 4.47. The molecule has 1 fully saturated rings. The maximum atomic E-state index is 9.22. The Morgan fingerprint density at radius 1 is 1.20 bits per heavy atom. The van der Waals surface area contributed by atoms with Crippen molar-refractivity contribution in [2.24, 2.45) is 11.3 Å². The molecule has 0 aliphatic carbocycles. The van der Waals surface area contributed by atoms with Crippen LogP contribution in [-0.2, 0) is 6.54 Å². The number of hydrogen-bond acceptors (Lipinski definition) is 3. The van der Waals surface area contributed by atoms with Crippen molar-refractivity contribution in [3.63, 3.8) is 0 Å². The van der Waals surface area contributed by atoms with Crippen molar-refractivity contribution < 1.29 is 10.0 Å². The van der Waals surface area contributed by atoms with E-state index in [4.69, 9.17) is 0 Å². The van der Waals surface area contributed by atoms with Crippen molar-refractivity contribution in [2.45, 2.75) is 40.2 Å². The van der Waals surface area contributed by atoms with Crippen LogP contribution in [0.4, 0.5) is 0 Å². The van der Waals surface area contributed by atoms with Gasteiger partial charge in [0.2, 0.25) is 0 Å². The normalized spacial score (nSPS) is 18.2. The number of piperidine rings is 1. The highest BCUT2D eigenvalue weighted by atomic mass is 16.4. The Bertz CT molecular complexity index is 434. The lowest BCUT2D eigenvalue weighted by atomic mass is 9.75. The van der Waals surface area contributed by atoms with Crippen LogP contribution in [0.15, 0.2) is 24.3 Å². The highest BCUT2D eigenvalue weighted by molar-refractivity contribution is 6.58. The molecule has 1 aromatic carbocycles. The SMILES string of the molecule is CC(C)(C)C1CCN(Cc2cccc(B(O)O)c2)CC1. The molecule has 1 aliphatic heterocycles. The molecular formula is C16H26BNO2. The zero-order valence-corrected chi connectivity index (χ0v) is 12.8. The van der Waals surface area contributed by atoms with E-state index >= 15 is 0 Å². The lowest BCUT2D eigenvalue weighted by Gasteiger charge is -2.38. The van der Waals surface area contributed by atoms with E-state index in [0.29, 0.717) is 10.9 Å². The summed E-state index contributed by atoms with van der Waals surface area (Å²) in [4.78, 5) is 2.46. The van der Waals surface area contributed by atoms with Gasteiger partial charge in [0.15, 0.2) is 0 Å². The van der Waals surface area contributed by atoms with Crippen LogP contribution in [0.5, 0.6) is 0 Å². The molecule has 20 heavy (non-hydrogen) atoms. The zero-order chi connectivity index (χ0) is 14.8. The van der Waals surface area contributed by atoms with Crippen molar-refractivity contribution in [3.8, 4) is 0 Å². The van der Waals surface area contributed by atoms with Gasteiger partial charge in [0, 0.05) is 6.54 Å². The van der Waals surface area contributed by atoms with E-state index in [9.17, 15) is 10.0 Å². The van der Waals surface area contributed by atoms with Crippen LogP contribution in [0.3, 0.4) is 0 Å². The summed E-state index contributed by atoms with van der Waals surface area (Å²) >= 11 is 0. The Morgan fingerprint density at radius 3 is 2.40 bits per heavy atom. The van der Waals surface area contributed by atoms with Gasteiger partial charge in [0.05, 0.1) is 0 Å². The molecule has 0 unspecified atom stereocenters. The van der Waals surface area contributed by atoms with Gasteiger partial charge < -0.3 is 10.0 Å². The molecule has 0 bridgehead atoms. The minimum absolute atomic E-state index is 0.410. The number of hydrogen-bond donors (Lipinski definition) is 2. The molecular weight excluding hydrogens is 249 g/mol. The number of likely N-dealkylation sites (tertiary alicyclic amines) is 1. The second kappa shape index (κ2) is 6.29. The van der Waals surface area contributed by atoms with Crippen molar-refractivity contribution in [3.05, 3.63) is 29.8 Å². The second-order valence-electron chi connectivity index (χ2n) is 7.04. The molecule has 0 saturated carbocycles. The highest BCUT2D eigenvalue weighted by Crippen LogP contribution is 2.34. The van der Waals surface area contributed by atoms with Crippen LogP contribution >= 0.6 is 0 Å². The van der Waals surface area contributed by atoms with Crippen molar-refractivity contribution >= 4 is 12.6 Å². The third-order valence-electron chi connectivity index (χ3n) is 4.47. The van der Waals surface area contributed by atoms with E-state index < -0.39 is 7.12 Å². The first-order valence-corrected chi connectivity index (χ1v) is 7.53. The Kier molecular flexibility index (Phi) is 4.89. The summed E-state index contributed by atoms with van der Waals surface area (Å²) < 4.78 is 0. The molecule has 1 heterocycles. The molecule has 0 atom stereocenters. The number of rotatable bonds is 3. The van der Waals surface area contributed by atoms with Crippen LogP contribution < -0.4 is 5.46 Å². The topological polar surface area (TPSA) is 43.7 Å². The number of benzene rings is 1. The summed E-state index contributed by atoms with van der Waals surface area (Å²) in [5.41, 5.74) is 2.14. The first kappa shape index (κ1) is 15.6. The van der Waals surface area contributed by atoms with Crippen molar-refractivity contribution in [1.82, 2.24) is 4.90 Å². The summed E-state index contributed by atoms with van der Waals surface area (Å²) in [5.74, 6) is 0.810. The van der Waals surface area contributed by atoms with Gasteiger partial charge in [-0.3, -0.25) is 4.90 Å². The average molecular weight is 275 g/mol. The largest absolute Gasteiger partial charge is 0.488 e. The van der Waals surface area contributed by atoms with Gasteiger partial charge in [-0.25, -0.2) is 0 Å². The summed E-state index contributed by atoms with van der Waals surface area (Å²) in [5, 5.41) is 18.4. The number of nitrogens with zero attached hydrogens (tertiary/aromatic N) is 1. The first-order valence-electron chi connectivity index (χ1n) is 7.53. The monoisotopic (exact) mass is 275 g/mol. The van der Waals surface area contributed by atoms with Crippen molar-refractivity contribution in [2.75, 3.05) is 13.1 Å². The van der Waals surface area contributed by atoms with E-state index in [1.54, 1.807) is 6.07 Å². The van der Waals surface area contributed by atoms with Gasteiger partial charge in [-0.2, -0.15) is 0 Å². The van der Waals surface area contributed by atoms with Gasteiger partial charge in [-0.05, 0) is 48.3 Å². The maximum absolute atomic E-state index is 9.22. The lowest BCUT2D eigenvalue weighted by molar-refractivity contribution is 0.108. The van der Waals surface area contributed by atoms with Gasteiger partial charge in [-0.15, -0.1) is 0 Å². The zero-order valence-electron chi connectivity index (χ0n) is 12.8. The van der Waals surface area contributed by atoms with E-state index in [2.05, 4.69) is 31.7 Å².